The van der Waals surface area contributed by atoms with E-state index in [1.807, 2.05) is 18.2 Å². The molecule has 0 bridgehead atoms. The molecule has 0 aliphatic heterocycles. The molecule has 0 radical (unpaired) electrons. The van der Waals surface area contributed by atoms with Gasteiger partial charge in [-0.15, -0.1) is 0 Å². The molecule has 0 aromatic carbocycles. The van der Waals surface area contributed by atoms with Crippen LogP contribution in [0.25, 0.3) is 0 Å². The maximum atomic E-state index is 5.34. The van der Waals surface area contributed by atoms with Gasteiger partial charge in [0.25, 0.3) is 0 Å². The van der Waals surface area contributed by atoms with Gasteiger partial charge in [0, 0.05) is 31.3 Å². The minimum atomic E-state index is 0.358. The molecular weight excluding hydrogens is 324 g/mol. The standard InChI is InChI=1S/C17H26N4O2S/c1-13(2)16-11-15(23-21-16)12-20-17(19-8-10-24-3)18-7-6-14-5-4-9-22-14/h4-5,9,11,13H,6-8,10,12H2,1-3H3,(H2,18,19,20). The lowest BCUT2D eigenvalue weighted by molar-refractivity contribution is 0.376. The van der Waals surface area contributed by atoms with Crippen LogP contribution in [0.4, 0.5) is 0 Å². The number of nitrogens with one attached hydrogen (secondary N) is 2. The minimum Gasteiger partial charge on any atom is -0.469 e. The van der Waals surface area contributed by atoms with E-state index in [0.717, 1.165) is 48.4 Å². The van der Waals surface area contributed by atoms with Crippen LogP contribution in [0.5, 0.6) is 0 Å². The van der Waals surface area contributed by atoms with Crippen LogP contribution < -0.4 is 10.6 Å². The van der Waals surface area contributed by atoms with Crippen LogP contribution in [-0.4, -0.2) is 36.2 Å². The van der Waals surface area contributed by atoms with Gasteiger partial charge >= 0.3 is 0 Å². The number of aromatic nitrogens is 1. The summed E-state index contributed by atoms with van der Waals surface area (Å²) in [6.45, 7) is 6.27. The third-order valence-corrected chi connectivity index (χ3v) is 4.02. The van der Waals surface area contributed by atoms with E-state index in [1.165, 1.54) is 0 Å². The normalized spacial score (nSPS) is 11.9. The summed E-state index contributed by atoms with van der Waals surface area (Å²) in [6, 6.07) is 5.84. The molecular formula is C17H26N4O2S. The molecule has 2 aromatic heterocycles. The summed E-state index contributed by atoms with van der Waals surface area (Å²) in [6.07, 6.45) is 4.60. The number of nitrogens with zero attached hydrogens (tertiary/aromatic N) is 2. The molecule has 7 heteroatoms. The number of hydrogen-bond donors (Lipinski definition) is 2. The van der Waals surface area contributed by atoms with Crippen LogP contribution in [0.3, 0.4) is 0 Å². The Bertz CT molecular complexity index is 608. The molecule has 0 fully saturated rings. The Hall–Kier alpha value is -1.89. The van der Waals surface area contributed by atoms with Gasteiger partial charge in [0.2, 0.25) is 0 Å². The van der Waals surface area contributed by atoms with Crippen molar-refractivity contribution in [3.05, 3.63) is 41.7 Å². The van der Waals surface area contributed by atoms with Crippen molar-refractivity contribution in [2.75, 3.05) is 25.1 Å². The van der Waals surface area contributed by atoms with Crippen LogP contribution in [-0.2, 0) is 13.0 Å². The van der Waals surface area contributed by atoms with Crippen molar-refractivity contribution in [2.45, 2.75) is 32.7 Å². The van der Waals surface area contributed by atoms with Crippen LogP contribution >= 0.6 is 11.8 Å². The Morgan fingerprint density at radius 1 is 1.29 bits per heavy atom. The van der Waals surface area contributed by atoms with Gasteiger partial charge in [0.1, 0.15) is 12.3 Å². The van der Waals surface area contributed by atoms with Crippen molar-refractivity contribution in [3.63, 3.8) is 0 Å². The van der Waals surface area contributed by atoms with E-state index in [2.05, 4.69) is 40.9 Å². The van der Waals surface area contributed by atoms with Crippen LogP contribution in [0.1, 0.15) is 37.0 Å². The summed E-state index contributed by atoms with van der Waals surface area (Å²) in [4.78, 5) is 4.58. The van der Waals surface area contributed by atoms with Crippen molar-refractivity contribution in [1.82, 2.24) is 15.8 Å². The highest BCUT2D eigenvalue weighted by atomic mass is 32.2. The van der Waals surface area contributed by atoms with Gasteiger partial charge in [-0.3, -0.25) is 0 Å². The van der Waals surface area contributed by atoms with Gasteiger partial charge in [0.05, 0.1) is 12.0 Å². The maximum Gasteiger partial charge on any atom is 0.191 e. The molecule has 2 aromatic rings. The molecule has 132 valence electrons. The Balaban J connectivity index is 1.87. The zero-order valence-electron chi connectivity index (χ0n) is 14.5. The first-order valence-corrected chi connectivity index (χ1v) is 9.57. The SMILES string of the molecule is CSCCNC(=NCc1cc(C(C)C)no1)NCCc1ccco1. The highest BCUT2D eigenvalue weighted by Crippen LogP contribution is 2.14. The highest BCUT2D eigenvalue weighted by molar-refractivity contribution is 7.98. The number of thioether (sulfide) groups is 1. The first-order chi connectivity index (χ1) is 11.7. The molecule has 0 aliphatic rings. The molecule has 2 rings (SSSR count). The second kappa shape index (κ2) is 10.1. The predicted molar refractivity (Wildman–Crippen MR) is 98.5 cm³/mol. The Morgan fingerprint density at radius 2 is 2.12 bits per heavy atom. The molecule has 24 heavy (non-hydrogen) atoms. The lowest BCUT2D eigenvalue weighted by Gasteiger charge is -2.11. The lowest BCUT2D eigenvalue weighted by atomic mass is 10.1. The Labute approximate surface area is 147 Å². The Kier molecular flexibility index (Phi) is 7.74. The molecule has 6 nitrogen and oxygen atoms in total. The van der Waals surface area contributed by atoms with Crippen molar-refractivity contribution in [1.29, 1.82) is 0 Å². The molecule has 2 N–H and O–H groups in total. The first kappa shape index (κ1) is 18.4. The van der Waals surface area contributed by atoms with Crippen molar-refractivity contribution < 1.29 is 8.94 Å². The van der Waals surface area contributed by atoms with E-state index in [0.29, 0.717) is 12.5 Å². The number of rotatable bonds is 9. The molecule has 2 heterocycles. The first-order valence-electron chi connectivity index (χ1n) is 8.18. The number of furan rings is 1. The molecule has 0 saturated heterocycles. The highest BCUT2D eigenvalue weighted by Gasteiger charge is 2.07. The smallest absolute Gasteiger partial charge is 0.191 e. The van der Waals surface area contributed by atoms with E-state index < -0.39 is 0 Å². The van der Waals surface area contributed by atoms with E-state index in [-0.39, 0.29) is 0 Å². The third kappa shape index (κ3) is 6.31. The van der Waals surface area contributed by atoms with Gasteiger partial charge in [-0.25, -0.2) is 4.99 Å². The van der Waals surface area contributed by atoms with E-state index in [1.54, 1.807) is 18.0 Å². The second-order valence-electron chi connectivity index (χ2n) is 5.71. The van der Waals surface area contributed by atoms with Crippen LogP contribution in [0.2, 0.25) is 0 Å². The van der Waals surface area contributed by atoms with Gasteiger partial charge < -0.3 is 19.6 Å². The summed E-state index contributed by atoms with van der Waals surface area (Å²) >= 11 is 1.80. The van der Waals surface area contributed by atoms with E-state index in [9.17, 15) is 0 Å². The molecule has 0 amide bonds. The van der Waals surface area contributed by atoms with E-state index >= 15 is 0 Å². The average molecular weight is 350 g/mol. The summed E-state index contributed by atoms with van der Waals surface area (Å²) < 4.78 is 10.7. The number of aliphatic imine (C=N–C) groups is 1. The third-order valence-electron chi connectivity index (χ3n) is 3.40. The molecule has 0 spiro atoms. The minimum absolute atomic E-state index is 0.358. The largest absolute Gasteiger partial charge is 0.469 e. The monoisotopic (exact) mass is 350 g/mol. The molecule has 0 aliphatic carbocycles. The molecule has 0 unspecified atom stereocenters. The predicted octanol–water partition coefficient (Wildman–Crippen LogP) is 3.03. The summed E-state index contributed by atoms with van der Waals surface area (Å²) in [5, 5.41) is 10.7. The fraction of sp³-hybridized carbons (Fsp3) is 0.529. The van der Waals surface area contributed by atoms with Gasteiger partial charge in [-0.2, -0.15) is 11.8 Å². The van der Waals surface area contributed by atoms with Gasteiger partial charge in [-0.05, 0) is 24.3 Å². The summed E-state index contributed by atoms with van der Waals surface area (Å²) in [5.74, 6) is 3.90. The maximum absolute atomic E-state index is 5.34. The molecule has 0 saturated carbocycles. The van der Waals surface area contributed by atoms with Gasteiger partial charge in [0.15, 0.2) is 11.7 Å². The topological polar surface area (TPSA) is 75.6 Å². The van der Waals surface area contributed by atoms with Crippen molar-refractivity contribution in [3.8, 4) is 0 Å². The van der Waals surface area contributed by atoms with Crippen molar-refractivity contribution >= 4 is 17.7 Å². The zero-order valence-corrected chi connectivity index (χ0v) is 15.4. The van der Waals surface area contributed by atoms with E-state index in [4.69, 9.17) is 8.94 Å². The molecule has 0 atom stereocenters. The van der Waals surface area contributed by atoms with Crippen LogP contribution in [0, 0.1) is 0 Å². The Morgan fingerprint density at radius 3 is 2.79 bits per heavy atom. The summed E-state index contributed by atoms with van der Waals surface area (Å²) in [5.41, 5.74) is 0.961. The fourth-order valence-electron chi connectivity index (χ4n) is 2.04. The quantitative estimate of drug-likeness (QED) is 0.411. The number of guanidine groups is 1. The number of hydrogen-bond acceptors (Lipinski definition) is 5. The zero-order chi connectivity index (χ0) is 17.2. The van der Waals surface area contributed by atoms with Crippen molar-refractivity contribution in [2.24, 2.45) is 4.99 Å². The fourth-order valence-corrected chi connectivity index (χ4v) is 2.34. The average Bonchev–Trinajstić information content (AvgIpc) is 3.24. The summed E-state index contributed by atoms with van der Waals surface area (Å²) in [7, 11) is 0. The van der Waals surface area contributed by atoms with Gasteiger partial charge in [-0.1, -0.05) is 19.0 Å². The lowest BCUT2D eigenvalue weighted by Crippen LogP contribution is -2.39. The van der Waals surface area contributed by atoms with Crippen LogP contribution in [0.15, 0.2) is 38.4 Å². The second-order valence-corrected chi connectivity index (χ2v) is 6.70.